The Morgan fingerprint density at radius 1 is 1.12 bits per heavy atom. The summed E-state index contributed by atoms with van der Waals surface area (Å²) in [5, 5.41) is 0.498. The van der Waals surface area contributed by atoms with Gasteiger partial charge in [0.25, 0.3) is 17.4 Å². The average molecular weight is 452 g/mol. The summed E-state index contributed by atoms with van der Waals surface area (Å²) in [6, 6.07) is 6.78. The molecule has 0 aliphatic carbocycles. The first-order valence-electron chi connectivity index (χ1n) is 10.6. The fourth-order valence-electron chi connectivity index (χ4n) is 4.31. The largest absolute Gasteiger partial charge is 0.461 e. The van der Waals surface area contributed by atoms with Crippen molar-refractivity contribution in [2.75, 3.05) is 13.2 Å². The number of carbonyl (C=O) groups excluding carboxylic acids is 3. The van der Waals surface area contributed by atoms with Gasteiger partial charge in [-0.3, -0.25) is 23.9 Å². The van der Waals surface area contributed by atoms with E-state index in [1.165, 1.54) is 16.2 Å². The van der Waals surface area contributed by atoms with Crippen molar-refractivity contribution in [2.45, 2.75) is 39.2 Å². The van der Waals surface area contributed by atoms with Gasteiger partial charge >= 0.3 is 5.97 Å². The van der Waals surface area contributed by atoms with Crippen molar-refractivity contribution in [2.24, 2.45) is 0 Å². The molecule has 0 spiro atoms. The number of hydrogen-bond acceptors (Lipinski definition) is 7. The second kappa shape index (κ2) is 7.98. The number of benzene rings is 1. The van der Waals surface area contributed by atoms with Crippen molar-refractivity contribution in [3.63, 3.8) is 0 Å². The van der Waals surface area contributed by atoms with E-state index in [1.54, 1.807) is 35.8 Å². The van der Waals surface area contributed by atoms with Crippen LogP contribution in [0, 0.1) is 6.92 Å². The number of ether oxygens (including phenoxy) is 1. The van der Waals surface area contributed by atoms with Gasteiger partial charge in [0.05, 0.1) is 23.1 Å². The lowest BCUT2D eigenvalue weighted by Crippen LogP contribution is -2.30. The van der Waals surface area contributed by atoms with Gasteiger partial charge in [-0.1, -0.05) is 12.1 Å². The lowest BCUT2D eigenvalue weighted by molar-refractivity contribution is 0.0490. The van der Waals surface area contributed by atoms with Gasteiger partial charge in [-0.15, -0.1) is 11.3 Å². The summed E-state index contributed by atoms with van der Waals surface area (Å²) in [4.78, 5) is 56.9. The molecule has 5 rings (SSSR count). The first-order valence-corrected chi connectivity index (χ1v) is 11.4. The number of thiophene rings is 1. The number of carbonyl (C=O) groups is 3. The summed E-state index contributed by atoms with van der Waals surface area (Å²) in [7, 11) is 0. The van der Waals surface area contributed by atoms with Crippen molar-refractivity contribution >= 4 is 39.3 Å². The highest BCUT2D eigenvalue weighted by Crippen LogP contribution is 2.29. The Bertz CT molecular complexity index is 1300. The normalized spacial score (nSPS) is 14.8. The number of hydrogen-bond donors (Lipinski definition) is 0. The summed E-state index contributed by atoms with van der Waals surface area (Å²) in [5.41, 5.74) is 1.39. The molecule has 8 nitrogen and oxygen atoms in total. The zero-order chi connectivity index (χ0) is 22.4. The van der Waals surface area contributed by atoms with E-state index in [4.69, 9.17) is 4.74 Å². The molecule has 2 aromatic heterocycles. The number of imide groups is 1. The van der Waals surface area contributed by atoms with Crippen molar-refractivity contribution in [3.8, 4) is 0 Å². The molecular formula is C23H21N3O5S. The summed E-state index contributed by atoms with van der Waals surface area (Å²) in [5.74, 6) is -0.268. The number of fused-ring (bicyclic) bond motifs is 3. The van der Waals surface area contributed by atoms with Crippen LogP contribution in [0.3, 0.4) is 0 Å². The van der Waals surface area contributed by atoms with E-state index in [1.807, 2.05) is 0 Å². The second-order valence-corrected chi connectivity index (χ2v) is 8.97. The Labute approximate surface area is 187 Å². The van der Waals surface area contributed by atoms with E-state index in [0.717, 1.165) is 18.7 Å². The van der Waals surface area contributed by atoms with Crippen LogP contribution in [0.5, 0.6) is 0 Å². The van der Waals surface area contributed by atoms with Crippen LogP contribution in [0.25, 0.3) is 10.2 Å². The number of unbranched alkanes of at least 4 members (excludes halogenated alkanes) is 1. The van der Waals surface area contributed by atoms with Gasteiger partial charge in [0, 0.05) is 19.5 Å². The highest BCUT2D eigenvalue weighted by Gasteiger charge is 2.34. The monoisotopic (exact) mass is 451 g/mol. The van der Waals surface area contributed by atoms with Gasteiger partial charge in [-0.2, -0.15) is 0 Å². The highest BCUT2D eigenvalue weighted by atomic mass is 32.1. The van der Waals surface area contributed by atoms with Crippen molar-refractivity contribution in [1.82, 2.24) is 14.5 Å². The fraction of sp³-hybridized carbons (Fsp3) is 0.348. The molecule has 0 radical (unpaired) electrons. The minimum Gasteiger partial charge on any atom is -0.461 e. The van der Waals surface area contributed by atoms with Crippen LogP contribution in [0.2, 0.25) is 0 Å². The Kier molecular flexibility index (Phi) is 5.13. The molecule has 0 bridgehead atoms. The third-order valence-electron chi connectivity index (χ3n) is 5.98. The predicted molar refractivity (Wildman–Crippen MR) is 118 cm³/mol. The molecule has 2 amide bonds. The summed E-state index contributed by atoms with van der Waals surface area (Å²) >= 11 is 1.19. The fourth-order valence-corrected chi connectivity index (χ4v) is 5.40. The lowest BCUT2D eigenvalue weighted by Gasteiger charge is -2.13. The molecule has 1 aromatic carbocycles. The summed E-state index contributed by atoms with van der Waals surface area (Å²) in [6.45, 7) is 2.86. The first kappa shape index (κ1) is 20.6. The number of rotatable bonds is 6. The van der Waals surface area contributed by atoms with E-state index in [9.17, 15) is 19.2 Å². The zero-order valence-electron chi connectivity index (χ0n) is 17.6. The molecular weight excluding hydrogens is 430 g/mol. The molecule has 0 N–H and O–H groups in total. The van der Waals surface area contributed by atoms with E-state index < -0.39 is 5.97 Å². The third-order valence-corrected chi connectivity index (χ3v) is 7.15. The predicted octanol–water partition coefficient (Wildman–Crippen LogP) is 2.95. The molecule has 3 aromatic rings. The van der Waals surface area contributed by atoms with Crippen LogP contribution in [0.1, 0.15) is 61.0 Å². The van der Waals surface area contributed by atoms with Gasteiger partial charge < -0.3 is 4.74 Å². The Morgan fingerprint density at radius 3 is 2.56 bits per heavy atom. The van der Waals surface area contributed by atoms with Gasteiger partial charge in [-0.05, 0) is 43.9 Å². The molecule has 0 saturated carbocycles. The summed E-state index contributed by atoms with van der Waals surface area (Å²) < 4.78 is 7.10. The van der Waals surface area contributed by atoms with Crippen molar-refractivity contribution in [3.05, 3.63) is 62.0 Å². The molecule has 9 heteroatoms. The van der Waals surface area contributed by atoms with E-state index in [2.05, 4.69) is 4.98 Å². The van der Waals surface area contributed by atoms with Crippen LogP contribution in [0.15, 0.2) is 29.1 Å². The number of nitrogens with zero attached hydrogens (tertiary/aromatic N) is 3. The van der Waals surface area contributed by atoms with E-state index in [-0.39, 0.29) is 30.5 Å². The van der Waals surface area contributed by atoms with Crippen LogP contribution in [-0.2, 0) is 17.7 Å². The number of aryl methyl sites for hydroxylation is 2. The minimum atomic E-state index is -0.476. The molecule has 0 atom stereocenters. The SMILES string of the molecule is Cc1c(C(=O)OCCCCN2C(=O)c3ccccc3C2=O)sc2nc3n(c(=O)c12)CCC3. The van der Waals surface area contributed by atoms with E-state index >= 15 is 0 Å². The van der Waals surface area contributed by atoms with Crippen LogP contribution in [-0.4, -0.2) is 45.4 Å². The van der Waals surface area contributed by atoms with Gasteiger partial charge in [0.15, 0.2) is 0 Å². The number of esters is 1. The first-order chi connectivity index (χ1) is 15.5. The topological polar surface area (TPSA) is 98.6 Å². The molecule has 32 heavy (non-hydrogen) atoms. The third kappa shape index (κ3) is 3.24. The van der Waals surface area contributed by atoms with Gasteiger partial charge in [-0.25, -0.2) is 9.78 Å². The Balaban J connectivity index is 1.19. The molecule has 0 unspecified atom stereocenters. The van der Waals surface area contributed by atoms with Gasteiger partial charge in [0.2, 0.25) is 0 Å². The highest BCUT2D eigenvalue weighted by molar-refractivity contribution is 7.20. The Morgan fingerprint density at radius 2 is 1.84 bits per heavy atom. The smallest absolute Gasteiger partial charge is 0.348 e. The lowest BCUT2D eigenvalue weighted by atomic mass is 10.1. The number of amides is 2. The standard InChI is InChI=1S/C23H21N3O5S/c1-13-17-19(24-16-9-6-11-25(16)22(17)29)32-18(13)23(30)31-12-5-4-10-26-20(27)14-7-2-3-8-15(14)21(26)28/h2-3,7-8H,4-6,9-12H2,1H3. The summed E-state index contributed by atoms with van der Waals surface area (Å²) in [6.07, 6.45) is 2.72. The van der Waals surface area contributed by atoms with Crippen molar-refractivity contribution in [1.29, 1.82) is 0 Å². The zero-order valence-corrected chi connectivity index (χ0v) is 18.4. The average Bonchev–Trinajstić information content (AvgIpc) is 3.46. The van der Waals surface area contributed by atoms with Crippen LogP contribution in [0.4, 0.5) is 0 Å². The molecule has 2 aliphatic heterocycles. The maximum atomic E-state index is 12.8. The van der Waals surface area contributed by atoms with Gasteiger partial charge in [0.1, 0.15) is 15.5 Å². The van der Waals surface area contributed by atoms with Crippen LogP contribution >= 0.6 is 11.3 Å². The second-order valence-electron chi connectivity index (χ2n) is 7.98. The molecule has 4 heterocycles. The molecule has 0 fully saturated rings. The maximum absolute atomic E-state index is 12.8. The minimum absolute atomic E-state index is 0.0868. The van der Waals surface area contributed by atoms with Crippen LogP contribution < -0.4 is 5.56 Å². The quantitative estimate of drug-likeness (QED) is 0.325. The molecule has 164 valence electrons. The molecule has 2 aliphatic rings. The molecule has 0 saturated heterocycles. The maximum Gasteiger partial charge on any atom is 0.348 e. The van der Waals surface area contributed by atoms with Crippen molar-refractivity contribution < 1.29 is 19.1 Å². The number of aromatic nitrogens is 2. The Hall–Kier alpha value is -3.33. The van der Waals surface area contributed by atoms with E-state index in [0.29, 0.717) is 51.2 Å².